The van der Waals surface area contributed by atoms with Crippen LogP contribution in [0.1, 0.15) is 28.2 Å². The van der Waals surface area contributed by atoms with Crippen LogP contribution in [0.2, 0.25) is 0 Å². The third-order valence-electron chi connectivity index (χ3n) is 5.49. The molecule has 3 aromatic carbocycles. The molecule has 1 heterocycles. The number of nitrogens with zero attached hydrogens (tertiary/aromatic N) is 2. The molecule has 7 nitrogen and oxygen atoms in total. The van der Waals surface area contributed by atoms with E-state index in [9.17, 15) is 4.79 Å². The normalized spacial score (nSPS) is 10.6. The molecule has 4 rings (SSSR count). The topological polar surface area (TPSA) is 105 Å². The van der Waals surface area contributed by atoms with Gasteiger partial charge in [0.2, 0.25) is 5.91 Å². The van der Waals surface area contributed by atoms with Crippen LogP contribution in [0.4, 0.5) is 23.0 Å². The van der Waals surface area contributed by atoms with Crippen LogP contribution < -0.4 is 21.9 Å². The van der Waals surface area contributed by atoms with Crippen LogP contribution in [0.15, 0.2) is 85.2 Å². The fraction of sp³-hybridized carbons (Fsp3) is 0.115. The zero-order valence-electron chi connectivity index (χ0n) is 18.5. The second-order valence-electron chi connectivity index (χ2n) is 7.78. The lowest BCUT2D eigenvalue weighted by molar-refractivity contribution is -0.121. The molecular formula is C26H26N6O. The number of carbonyl (C=O) groups is 1. The number of nitrogens with two attached hydrogens (primary N) is 1. The molecule has 0 aliphatic rings. The van der Waals surface area contributed by atoms with Crippen LogP contribution in [0.5, 0.6) is 0 Å². The van der Waals surface area contributed by atoms with E-state index >= 15 is 0 Å². The number of aromatic nitrogens is 2. The average Bonchev–Trinajstić information content (AvgIpc) is 2.83. The third kappa shape index (κ3) is 5.10. The molecule has 0 unspecified atom stereocenters. The van der Waals surface area contributed by atoms with Crippen molar-refractivity contribution in [2.24, 2.45) is 0 Å². The molecule has 0 bridgehead atoms. The molecular weight excluding hydrogens is 412 g/mol. The molecule has 5 N–H and O–H groups in total. The van der Waals surface area contributed by atoms with Crippen molar-refractivity contribution in [1.29, 1.82) is 0 Å². The fourth-order valence-corrected chi connectivity index (χ4v) is 3.53. The van der Waals surface area contributed by atoms with E-state index in [4.69, 9.17) is 5.73 Å². The fourth-order valence-electron chi connectivity index (χ4n) is 3.53. The second kappa shape index (κ2) is 9.82. The predicted octanol–water partition coefficient (Wildman–Crippen LogP) is 4.69. The number of nitrogens with one attached hydrogen (secondary N) is 3. The minimum absolute atomic E-state index is 0.228. The van der Waals surface area contributed by atoms with Crippen LogP contribution in [0.25, 0.3) is 0 Å². The Labute approximate surface area is 193 Å². The van der Waals surface area contributed by atoms with Crippen LogP contribution in [0, 0.1) is 13.8 Å². The lowest BCUT2D eigenvalue weighted by atomic mass is 9.91. The van der Waals surface area contributed by atoms with Gasteiger partial charge in [-0.1, -0.05) is 66.7 Å². The first-order valence-electron chi connectivity index (χ1n) is 10.6. The van der Waals surface area contributed by atoms with E-state index in [1.54, 1.807) is 0 Å². The summed E-state index contributed by atoms with van der Waals surface area (Å²) in [5.74, 6) is 0.0439. The highest BCUT2D eigenvalue weighted by atomic mass is 16.2. The van der Waals surface area contributed by atoms with Gasteiger partial charge >= 0.3 is 0 Å². The van der Waals surface area contributed by atoms with Crippen molar-refractivity contribution in [3.8, 4) is 0 Å². The second-order valence-corrected chi connectivity index (χ2v) is 7.78. The zero-order chi connectivity index (χ0) is 23.2. The Morgan fingerprint density at radius 3 is 2.03 bits per heavy atom. The van der Waals surface area contributed by atoms with Crippen molar-refractivity contribution in [3.05, 3.63) is 107 Å². The summed E-state index contributed by atoms with van der Waals surface area (Å²) in [5, 5.41) is 3.21. The van der Waals surface area contributed by atoms with Crippen molar-refractivity contribution in [2.45, 2.75) is 19.8 Å². The standard InChI is InChI=1S/C26H26N6O/c1-17-13-14-21(15-18(17)2)30-24-23(27)25(29-16-28-24)31-32-26(33)22(19-9-5-3-6-10-19)20-11-7-4-8-12-20/h3-16,22H,27H2,1-2H3,(H,32,33)(H2,28,29,30,31). The lowest BCUT2D eigenvalue weighted by Gasteiger charge is -2.19. The third-order valence-corrected chi connectivity index (χ3v) is 5.49. The van der Waals surface area contributed by atoms with Gasteiger partial charge in [-0.25, -0.2) is 9.97 Å². The van der Waals surface area contributed by atoms with E-state index in [0.717, 1.165) is 22.4 Å². The van der Waals surface area contributed by atoms with Crippen LogP contribution in [-0.2, 0) is 4.79 Å². The van der Waals surface area contributed by atoms with Crippen molar-refractivity contribution in [2.75, 3.05) is 16.5 Å². The summed E-state index contributed by atoms with van der Waals surface area (Å²) in [6.45, 7) is 4.10. The van der Waals surface area contributed by atoms with E-state index in [1.807, 2.05) is 85.8 Å². The quantitative estimate of drug-likeness (QED) is 0.312. The SMILES string of the molecule is Cc1ccc(Nc2ncnc(NNC(=O)C(c3ccccc3)c3ccccc3)c2N)cc1C. The highest BCUT2D eigenvalue weighted by Crippen LogP contribution is 2.27. The molecule has 0 aliphatic carbocycles. The van der Waals surface area contributed by atoms with Gasteiger partial charge in [-0.2, -0.15) is 0 Å². The first kappa shape index (κ1) is 21.8. The molecule has 0 spiro atoms. The van der Waals surface area contributed by atoms with Gasteiger partial charge in [0.25, 0.3) is 0 Å². The number of hydrazine groups is 1. The molecule has 0 fully saturated rings. The number of amides is 1. The smallest absolute Gasteiger partial charge is 0.250 e. The number of nitrogen functional groups attached to an aromatic ring is 1. The summed E-state index contributed by atoms with van der Waals surface area (Å²) in [6, 6.07) is 25.3. The molecule has 4 aromatic rings. The summed E-state index contributed by atoms with van der Waals surface area (Å²) in [7, 11) is 0. The summed E-state index contributed by atoms with van der Waals surface area (Å²) < 4.78 is 0. The molecule has 0 saturated carbocycles. The highest BCUT2D eigenvalue weighted by molar-refractivity contribution is 5.89. The number of hydrogen-bond acceptors (Lipinski definition) is 6. The first-order valence-corrected chi connectivity index (χ1v) is 10.6. The Bertz CT molecular complexity index is 1200. The number of aryl methyl sites for hydroxylation is 2. The number of anilines is 4. The van der Waals surface area contributed by atoms with Crippen LogP contribution >= 0.6 is 0 Å². The van der Waals surface area contributed by atoms with Gasteiger partial charge < -0.3 is 11.1 Å². The summed E-state index contributed by atoms with van der Waals surface area (Å²) in [6.07, 6.45) is 1.39. The van der Waals surface area contributed by atoms with Crippen molar-refractivity contribution < 1.29 is 4.79 Å². The van der Waals surface area contributed by atoms with Gasteiger partial charge in [0.05, 0.1) is 5.92 Å². The Morgan fingerprint density at radius 1 is 0.818 bits per heavy atom. The minimum Gasteiger partial charge on any atom is -0.393 e. The Hall–Kier alpha value is -4.39. The van der Waals surface area contributed by atoms with Crippen molar-refractivity contribution in [1.82, 2.24) is 15.4 Å². The maximum Gasteiger partial charge on any atom is 0.250 e. The molecule has 0 radical (unpaired) electrons. The van der Waals surface area contributed by atoms with Gasteiger partial charge in [0.15, 0.2) is 11.6 Å². The van der Waals surface area contributed by atoms with E-state index in [0.29, 0.717) is 17.3 Å². The zero-order valence-corrected chi connectivity index (χ0v) is 18.5. The summed E-state index contributed by atoms with van der Waals surface area (Å²) in [5.41, 5.74) is 17.2. The number of carbonyl (C=O) groups excluding carboxylic acids is 1. The van der Waals surface area contributed by atoms with E-state index < -0.39 is 5.92 Å². The molecule has 0 aliphatic heterocycles. The highest BCUT2D eigenvalue weighted by Gasteiger charge is 2.23. The molecule has 166 valence electrons. The monoisotopic (exact) mass is 438 g/mol. The van der Waals surface area contributed by atoms with E-state index in [-0.39, 0.29) is 5.91 Å². The molecule has 33 heavy (non-hydrogen) atoms. The summed E-state index contributed by atoms with van der Waals surface area (Å²) >= 11 is 0. The maximum atomic E-state index is 13.2. The molecule has 7 heteroatoms. The Morgan fingerprint density at radius 2 is 1.42 bits per heavy atom. The average molecular weight is 439 g/mol. The molecule has 1 aromatic heterocycles. The van der Waals surface area contributed by atoms with E-state index in [1.165, 1.54) is 11.9 Å². The number of hydrogen-bond donors (Lipinski definition) is 4. The van der Waals surface area contributed by atoms with Crippen molar-refractivity contribution >= 4 is 28.9 Å². The van der Waals surface area contributed by atoms with E-state index in [2.05, 4.69) is 33.1 Å². The van der Waals surface area contributed by atoms with Gasteiger partial charge in [-0.3, -0.25) is 15.6 Å². The van der Waals surface area contributed by atoms with Gasteiger partial charge in [-0.15, -0.1) is 0 Å². The molecule has 0 saturated heterocycles. The maximum absolute atomic E-state index is 13.2. The first-order chi connectivity index (χ1) is 16.0. The predicted molar refractivity (Wildman–Crippen MR) is 132 cm³/mol. The Kier molecular flexibility index (Phi) is 6.50. The minimum atomic E-state index is -0.490. The van der Waals surface area contributed by atoms with Gasteiger partial charge in [-0.05, 0) is 48.2 Å². The summed E-state index contributed by atoms with van der Waals surface area (Å²) in [4.78, 5) is 21.6. The molecule has 1 amide bonds. The van der Waals surface area contributed by atoms with Gasteiger partial charge in [0.1, 0.15) is 12.0 Å². The number of rotatable bonds is 7. The van der Waals surface area contributed by atoms with Crippen molar-refractivity contribution in [3.63, 3.8) is 0 Å². The lowest BCUT2D eigenvalue weighted by Crippen LogP contribution is -2.35. The van der Waals surface area contributed by atoms with Gasteiger partial charge in [0, 0.05) is 5.69 Å². The Balaban J connectivity index is 1.52. The largest absolute Gasteiger partial charge is 0.393 e. The molecule has 0 atom stereocenters. The number of benzene rings is 3. The van der Waals surface area contributed by atoms with Crippen LogP contribution in [0.3, 0.4) is 0 Å². The van der Waals surface area contributed by atoms with Crippen LogP contribution in [-0.4, -0.2) is 15.9 Å².